The van der Waals surface area contributed by atoms with Gasteiger partial charge in [0.15, 0.2) is 0 Å². The van der Waals surface area contributed by atoms with Gasteiger partial charge in [0.1, 0.15) is 0 Å². The van der Waals surface area contributed by atoms with Crippen molar-refractivity contribution in [1.82, 2.24) is 0 Å². The van der Waals surface area contributed by atoms with E-state index in [1.54, 1.807) is 42.5 Å². The third kappa shape index (κ3) is 3.83. The van der Waals surface area contributed by atoms with Crippen molar-refractivity contribution in [3.05, 3.63) is 63.1 Å². The smallest absolute Gasteiger partial charge is 0.337 e. The van der Waals surface area contributed by atoms with E-state index in [1.807, 2.05) is 0 Å². The summed E-state index contributed by atoms with van der Waals surface area (Å²) in [5, 5.41) is 3.07. The number of methoxy groups -OCH3 is 1. The number of esters is 1. The van der Waals surface area contributed by atoms with Gasteiger partial charge in [0.05, 0.1) is 23.3 Å². The fourth-order valence-electron chi connectivity index (χ4n) is 1.68. The van der Waals surface area contributed by atoms with Crippen LogP contribution in [0.5, 0.6) is 0 Å². The van der Waals surface area contributed by atoms with E-state index < -0.39 is 5.97 Å². The Labute approximate surface area is 135 Å². The van der Waals surface area contributed by atoms with Gasteiger partial charge < -0.3 is 10.1 Å². The van der Waals surface area contributed by atoms with Crippen LogP contribution in [0.25, 0.3) is 0 Å². The van der Waals surface area contributed by atoms with Crippen LogP contribution in [0.3, 0.4) is 0 Å². The number of carbonyl (C=O) groups is 2. The highest BCUT2D eigenvalue weighted by Crippen LogP contribution is 2.22. The highest BCUT2D eigenvalue weighted by molar-refractivity contribution is 9.10. The molecular formula is C15H11BrClNO3. The summed E-state index contributed by atoms with van der Waals surface area (Å²) < 4.78 is 5.40. The Hall–Kier alpha value is -1.85. The summed E-state index contributed by atoms with van der Waals surface area (Å²) in [6, 6.07) is 11.4. The van der Waals surface area contributed by atoms with Crippen molar-refractivity contribution in [2.75, 3.05) is 12.4 Å². The van der Waals surface area contributed by atoms with Crippen molar-refractivity contribution in [2.45, 2.75) is 0 Å². The van der Waals surface area contributed by atoms with Gasteiger partial charge in [-0.2, -0.15) is 0 Å². The third-order valence-corrected chi connectivity index (χ3v) is 3.55. The molecule has 1 N–H and O–H groups in total. The second-order valence-corrected chi connectivity index (χ2v) is 5.47. The topological polar surface area (TPSA) is 55.4 Å². The lowest BCUT2D eigenvalue weighted by molar-refractivity contribution is 0.0600. The quantitative estimate of drug-likeness (QED) is 0.828. The molecule has 0 heterocycles. The first-order valence-electron chi connectivity index (χ1n) is 5.96. The number of hydrogen-bond donors (Lipinski definition) is 1. The van der Waals surface area contributed by atoms with E-state index in [9.17, 15) is 9.59 Å². The molecule has 0 spiro atoms. The molecule has 2 rings (SSSR count). The molecule has 2 aromatic rings. The normalized spacial score (nSPS) is 10.0. The standard InChI is InChI=1S/C15H11BrClNO3/c1-21-15(20)9-2-5-11(6-3-9)18-14(19)12-7-4-10(16)8-13(12)17/h2-8H,1H3,(H,18,19). The molecule has 0 atom stereocenters. The van der Waals surface area contributed by atoms with Crippen LogP contribution < -0.4 is 5.32 Å². The van der Waals surface area contributed by atoms with Crippen molar-refractivity contribution < 1.29 is 14.3 Å². The summed E-state index contributed by atoms with van der Waals surface area (Å²) in [7, 11) is 1.31. The van der Waals surface area contributed by atoms with E-state index in [1.165, 1.54) is 7.11 Å². The lowest BCUT2D eigenvalue weighted by atomic mass is 10.2. The van der Waals surface area contributed by atoms with Gasteiger partial charge in [-0.3, -0.25) is 4.79 Å². The molecule has 108 valence electrons. The number of ether oxygens (including phenoxy) is 1. The molecule has 0 aliphatic carbocycles. The average molecular weight is 369 g/mol. The van der Waals surface area contributed by atoms with E-state index in [-0.39, 0.29) is 5.91 Å². The number of rotatable bonds is 3. The Morgan fingerprint density at radius 1 is 1.14 bits per heavy atom. The third-order valence-electron chi connectivity index (χ3n) is 2.74. The van der Waals surface area contributed by atoms with E-state index >= 15 is 0 Å². The van der Waals surface area contributed by atoms with Crippen molar-refractivity contribution in [2.24, 2.45) is 0 Å². The van der Waals surface area contributed by atoms with E-state index in [0.29, 0.717) is 21.8 Å². The maximum Gasteiger partial charge on any atom is 0.337 e. The lowest BCUT2D eigenvalue weighted by Gasteiger charge is -2.07. The number of halogens is 2. The van der Waals surface area contributed by atoms with Crippen LogP contribution in [0.4, 0.5) is 5.69 Å². The van der Waals surface area contributed by atoms with Crippen LogP contribution in [0.2, 0.25) is 5.02 Å². The Bertz CT molecular complexity index is 686. The van der Waals surface area contributed by atoms with Gasteiger partial charge in [0, 0.05) is 10.2 Å². The SMILES string of the molecule is COC(=O)c1ccc(NC(=O)c2ccc(Br)cc2Cl)cc1. The first-order valence-corrected chi connectivity index (χ1v) is 7.13. The van der Waals surface area contributed by atoms with Gasteiger partial charge in [0.2, 0.25) is 0 Å². The van der Waals surface area contributed by atoms with Crippen LogP contribution in [-0.4, -0.2) is 19.0 Å². The summed E-state index contributed by atoms with van der Waals surface area (Å²) in [6.07, 6.45) is 0. The van der Waals surface area contributed by atoms with E-state index in [2.05, 4.69) is 26.0 Å². The molecule has 0 aromatic heterocycles. The van der Waals surface area contributed by atoms with Gasteiger partial charge in [-0.05, 0) is 42.5 Å². The van der Waals surface area contributed by atoms with Gasteiger partial charge in [0.25, 0.3) is 5.91 Å². The molecule has 1 amide bonds. The Kier molecular flexibility index (Phi) is 4.98. The average Bonchev–Trinajstić information content (AvgIpc) is 2.47. The molecule has 0 aliphatic heterocycles. The number of benzene rings is 2. The molecule has 4 nitrogen and oxygen atoms in total. The minimum Gasteiger partial charge on any atom is -0.465 e. The van der Waals surface area contributed by atoms with Crippen LogP contribution >= 0.6 is 27.5 Å². The lowest BCUT2D eigenvalue weighted by Crippen LogP contribution is -2.12. The molecule has 0 unspecified atom stereocenters. The van der Waals surface area contributed by atoms with Crippen molar-refractivity contribution in [3.63, 3.8) is 0 Å². The maximum absolute atomic E-state index is 12.1. The maximum atomic E-state index is 12.1. The number of amides is 1. The first-order chi connectivity index (χ1) is 10.0. The predicted molar refractivity (Wildman–Crippen MR) is 84.9 cm³/mol. The van der Waals surface area contributed by atoms with Crippen molar-refractivity contribution >= 4 is 45.1 Å². The van der Waals surface area contributed by atoms with Crippen LogP contribution in [0.1, 0.15) is 20.7 Å². The zero-order valence-electron chi connectivity index (χ0n) is 11.0. The highest BCUT2D eigenvalue weighted by atomic mass is 79.9. The van der Waals surface area contributed by atoms with Crippen LogP contribution in [0, 0.1) is 0 Å². The Morgan fingerprint density at radius 2 is 1.81 bits per heavy atom. The molecule has 0 saturated heterocycles. The second-order valence-electron chi connectivity index (χ2n) is 4.15. The predicted octanol–water partition coefficient (Wildman–Crippen LogP) is 4.14. The molecule has 0 aliphatic rings. The summed E-state index contributed by atoms with van der Waals surface area (Å²) in [4.78, 5) is 23.4. The molecule has 2 aromatic carbocycles. The minimum absolute atomic E-state index is 0.321. The molecule has 0 fully saturated rings. The van der Waals surface area contributed by atoms with Crippen LogP contribution in [0.15, 0.2) is 46.9 Å². The zero-order valence-corrected chi connectivity index (χ0v) is 13.4. The molecular weight excluding hydrogens is 358 g/mol. The first kappa shape index (κ1) is 15.5. The second kappa shape index (κ2) is 6.74. The largest absolute Gasteiger partial charge is 0.465 e. The number of carbonyl (C=O) groups excluding carboxylic acids is 2. The van der Waals surface area contributed by atoms with E-state index in [0.717, 1.165) is 4.47 Å². The number of hydrogen-bond acceptors (Lipinski definition) is 3. The Balaban J connectivity index is 2.14. The summed E-state index contributed by atoms with van der Waals surface area (Å²) in [6.45, 7) is 0. The number of anilines is 1. The van der Waals surface area contributed by atoms with Gasteiger partial charge >= 0.3 is 5.97 Å². The Morgan fingerprint density at radius 3 is 2.38 bits per heavy atom. The van der Waals surface area contributed by atoms with Gasteiger partial charge in [-0.1, -0.05) is 27.5 Å². The van der Waals surface area contributed by atoms with E-state index in [4.69, 9.17) is 11.6 Å². The molecule has 6 heteroatoms. The fraction of sp³-hybridized carbons (Fsp3) is 0.0667. The van der Waals surface area contributed by atoms with Crippen molar-refractivity contribution in [3.8, 4) is 0 Å². The summed E-state index contributed by atoms with van der Waals surface area (Å²) >= 11 is 9.30. The zero-order chi connectivity index (χ0) is 15.4. The number of nitrogens with one attached hydrogen (secondary N) is 1. The van der Waals surface area contributed by atoms with Crippen LogP contribution in [-0.2, 0) is 4.74 Å². The molecule has 0 radical (unpaired) electrons. The fourth-order valence-corrected chi connectivity index (χ4v) is 2.44. The molecule has 0 saturated carbocycles. The van der Waals surface area contributed by atoms with Gasteiger partial charge in [-0.15, -0.1) is 0 Å². The van der Waals surface area contributed by atoms with Gasteiger partial charge in [-0.25, -0.2) is 4.79 Å². The molecule has 0 bridgehead atoms. The van der Waals surface area contributed by atoms with Crippen molar-refractivity contribution in [1.29, 1.82) is 0 Å². The highest BCUT2D eigenvalue weighted by Gasteiger charge is 2.11. The molecule has 21 heavy (non-hydrogen) atoms. The summed E-state index contributed by atoms with van der Waals surface area (Å²) in [5.74, 6) is -0.748. The monoisotopic (exact) mass is 367 g/mol. The minimum atomic E-state index is -0.427. The summed E-state index contributed by atoms with van der Waals surface area (Å²) in [5.41, 5.74) is 1.35.